The first-order valence-electron chi connectivity index (χ1n) is 7.62. The van der Waals surface area contributed by atoms with E-state index in [0.29, 0.717) is 11.5 Å². The lowest BCUT2D eigenvalue weighted by Gasteiger charge is -2.30. The van der Waals surface area contributed by atoms with Gasteiger partial charge in [-0.3, -0.25) is 4.79 Å². The van der Waals surface area contributed by atoms with Crippen LogP contribution in [0.5, 0.6) is 11.5 Å². The summed E-state index contributed by atoms with van der Waals surface area (Å²) in [5.41, 5.74) is 1.09. The van der Waals surface area contributed by atoms with Gasteiger partial charge in [-0.15, -0.1) is 6.58 Å². The molecular formula is C18H27NO3. The van der Waals surface area contributed by atoms with Gasteiger partial charge in [0.15, 0.2) is 18.1 Å². The maximum absolute atomic E-state index is 12.3. The van der Waals surface area contributed by atoms with Crippen molar-refractivity contribution >= 4 is 5.91 Å². The van der Waals surface area contributed by atoms with Crippen molar-refractivity contribution in [1.29, 1.82) is 0 Å². The highest BCUT2D eigenvalue weighted by Crippen LogP contribution is 2.28. The molecule has 0 saturated carbocycles. The zero-order chi connectivity index (χ0) is 16.7. The second kappa shape index (κ2) is 8.47. The molecule has 0 saturated heterocycles. The van der Waals surface area contributed by atoms with E-state index in [-0.39, 0.29) is 24.6 Å². The number of carbonyl (C=O) groups is 1. The first-order chi connectivity index (χ1) is 10.4. The molecule has 1 amide bonds. The number of benzene rings is 1. The lowest BCUT2D eigenvalue weighted by atomic mass is 10.1. The normalized spacial score (nSPS) is 10.7. The van der Waals surface area contributed by atoms with Crippen LogP contribution in [0.4, 0.5) is 0 Å². The van der Waals surface area contributed by atoms with Gasteiger partial charge in [-0.25, -0.2) is 0 Å². The monoisotopic (exact) mass is 305 g/mol. The van der Waals surface area contributed by atoms with Crippen molar-refractivity contribution in [1.82, 2.24) is 4.90 Å². The molecule has 0 aliphatic heterocycles. The lowest BCUT2D eigenvalue weighted by Crippen LogP contribution is -2.44. The Hall–Kier alpha value is -1.97. The number of methoxy groups -OCH3 is 1. The van der Waals surface area contributed by atoms with Crippen molar-refractivity contribution in [2.24, 2.45) is 0 Å². The van der Waals surface area contributed by atoms with Crippen molar-refractivity contribution < 1.29 is 14.3 Å². The molecule has 0 aromatic heterocycles. The Morgan fingerprint density at radius 2 is 1.86 bits per heavy atom. The standard InChI is InChI=1S/C18H27NO3/c1-7-8-15-9-10-16(17(11-15)21-6)22-12-18(20)19(13(2)3)14(4)5/h7,9-11,13-14H,1,8,12H2,2-6H3. The van der Waals surface area contributed by atoms with Gasteiger partial charge in [0.25, 0.3) is 5.91 Å². The quantitative estimate of drug-likeness (QED) is 0.691. The summed E-state index contributed by atoms with van der Waals surface area (Å²) in [5, 5.41) is 0. The van der Waals surface area contributed by atoms with E-state index >= 15 is 0 Å². The molecule has 0 aliphatic carbocycles. The summed E-state index contributed by atoms with van der Waals surface area (Å²) in [4.78, 5) is 14.1. The third kappa shape index (κ3) is 4.79. The fraction of sp³-hybridized carbons (Fsp3) is 0.500. The average molecular weight is 305 g/mol. The smallest absolute Gasteiger partial charge is 0.260 e. The summed E-state index contributed by atoms with van der Waals surface area (Å²) in [6.07, 6.45) is 2.60. The number of carbonyl (C=O) groups excluding carboxylic acids is 1. The summed E-state index contributed by atoms with van der Waals surface area (Å²) in [5.74, 6) is 1.19. The van der Waals surface area contributed by atoms with Crippen LogP contribution in [0.3, 0.4) is 0 Å². The van der Waals surface area contributed by atoms with Gasteiger partial charge in [-0.2, -0.15) is 0 Å². The summed E-state index contributed by atoms with van der Waals surface area (Å²) in [6, 6.07) is 5.98. The molecule has 4 nitrogen and oxygen atoms in total. The Bertz CT molecular complexity index is 501. The molecule has 1 rings (SSSR count). The second-order valence-corrected chi connectivity index (χ2v) is 5.76. The number of hydrogen-bond donors (Lipinski definition) is 0. The Morgan fingerprint density at radius 3 is 2.36 bits per heavy atom. The van der Waals surface area contributed by atoms with E-state index in [1.807, 2.05) is 56.9 Å². The van der Waals surface area contributed by atoms with E-state index in [1.165, 1.54) is 0 Å². The van der Waals surface area contributed by atoms with E-state index in [1.54, 1.807) is 7.11 Å². The largest absolute Gasteiger partial charge is 0.493 e. The zero-order valence-corrected chi connectivity index (χ0v) is 14.3. The molecule has 22 heavy (non-hydrogen) atoms. The van der Waals surface area contributed by atoms with Crippen molar-refractivity contribution in [2.75, 3.05) is 13.7 Å². The Balaban J connectivity index is 2.78. The highest BCUT2D eigenvalue weighted by atomic mass is 16.5. The van der Waals surface area contributed by atoms with Crippen LogP contribution in [0, 0.1) is 0 Å². The van der Waals surface area contributed by atoms with Gasteiger partial charge in [-0.05, 0) is 51.8 Å². The van der Waals surface area contributed by atoms with E-state index in [4.69, 9.17) is 9.47 Å². The molecule has 0 spiro atoms. The van der Waals surface area contributed by atoms with Gasteiger partial charge >= 0.3 is 0 Å². The van der Waals surface area contributed by atoms with Gasteiger partial charge in [0, 0.05) is 12.1 Å². The highest BCUT2D eigenvalue weighted by Gasteiger charge is 2.20. The van der Waals surface area contributed by atoms with Crippen LogP contribution in [0.1, 0.15) is 33.3 Å². The van der Waals surface area contributed by atoms with E-state index in [0.717, 1.165) is 12.0 Å². The minimum Gasteiger partial charge on any atom is -0.493 e. The maximum Gasteiger partial charge on any atom is 0.260 e. The molecule has 0 unspecified atom stereocenters. The van der Waals surface area contributed by atoms with Crippen LogP contribution in [-0.2, 0) is 11.2 Å². The first kappa shape index (κ1) is 18.1. The SMILES string of the molecule is C=CCc1ccc(OCC(=O)N(C(C)C)C(C)C)c(OC)c1. The number of allylic oxidation sites excluding steroid dienone is 1. The van der Waals surface area contributed by atoms with Gasteiger partial charge in [-0.1, -0.05) is 12.1 Å². The van der Waals surface area contributed by atoms with Gasteiger partial charge in [0.2, 0.25) is 0 Å². The number of hydrogen-bond acceptors (Lipinski definition) is 3. The molecule has 0 aliphatic rings. The van der Waals surface area contributed by atoms with Crippen LogP contribution >= 0.6 is 0 Å². The second-order valence-electron chi connectivity index (χ2n) is 5.76. The van der Waals surface area contributed by atoms with Crippen molar-refractivity contribution in [3.8, 4) is 11.5 Å². The molecule has 0 N–H and O–H groups in total. The van der Waals surface area contributed by atoms with Crippen LogP contribution in [0.25, 0.3) is 0 Å². The van der Waals surface area contributed by atoms with Gasteiger partial charge < -0.3 is 14.4 Å². The van der Waals surface area contributed by atoms with E-state index in [2.05, 4.69) is 6.58 Å². The van der Waals surface area contributed by atoms with Crippen LogP contribution in [-0.4, -0.2) is 36.6 Å². The first-order valence-corrected chi connectivity index (χ1v) is 7.62. The fourth-order valence-corrected chi connectivity index (χ4v) is 2.51. The van der Waals surface area contributed by atoms with Crippen LogP contribution in [0.2, 0.25) is 0 Å². The van der Waals surface area contributed by atoms with Crippen LogP contribution < -0.4 is 9.47 Å². The highest BCUT2D eigenvalue weighted by molar-refractivity contribution is 5.78. The topological polar surface area (TPSA) is 38.8 Å². The maximum atomic E-state index is 12.3. The molecule has 0 heterocycles. The Morgan fingerprint density at radius 1 is 1.23 bits per heavy atom. The lowest BCUT2D eigenvalue weighted by molar-refractivity contribution is -0.137. The summed E-state index contributed by atoms with van der Waals surface area (Å²) in [6.45, 7) is 11.7. The molecular weight excluding hydrogens is 278 g/mol. The van der Waals surface area contributed by atoms with Crippen LogP contribution in [0.15, 0.2) is 30.9 Å². The van der Waals surface area contributed by atoms with Gasteiger partial charge in [0.1, 0.15) is 0 Å². The van der Waals surface area contributed by atoms with Crippen molar-refractivity contribution in [3.05, 3.63) is 36.4 Å². The van der Waals surface area contributed by atoms with Crippen molar-refractivity contribution in [3.63, 3.8) is 0 Å². The molecule has 1 aromatic carbocycles. The predicted octanol–water partition coefficient (Wildman–Crippen LogP) is 3.45. The predicted molar refractivity (Wildman–Crippen MR) is 89.5 cm³/mol. The fourth-order valence-electron chi connectivity index (χ4n) is 2.51. The molecule has 0 atom stereocenters. The molecule has 1 aromatic rings. The number of nitrogens with zero attached hydrogens (tertiary/aromatic N) is 1. The molecule has 4 heteroatoms. The number of amides is 1. The van der Waals surface area contributed by atoms with Crippen molar-refractivity contribution in [2.45, 2.75) is 46.2 Å². The molecule has 0 radical (unpaired) electrons. The van der Waals surface area contributed by atoms with E-state index in [9.17, 15) is 4.79 Å². The molecule has 0 fully saturated rings. The third-order valence-electron chi connectivity index (χ3n) is 3.36. The third-order valence-corrected chi connectivity index (χ3v) is 3.36. The van der Waals surface area contributed by atoms with E-state index < -0.39 is 0 Å². The zero-order valence-electron chi connectivity index (χ0n) is 14.3. The Kier molecular flexibility index (Phi) is 6.96. The average Bonchev–Trinajstić information content (AvgIpc) is 2.45. The Labute approximate surface area is 133 Å². The summed E-state index contributed by atoms with van der Waals surface area (Å²) >= 11 is 0. The van der Waals surface area contributed by atoms with Gasteiger partial charge in [0.05, 0.1) is 7.11 Å². The number of rotatable bonds is 8. The summed E-state index contributed by atoms with van der Waals surface area (Å²) < 4.78 is 11.0. The minimum atomic E-state index is -0.0257. The summed E-state index contributed by atoms with van der Waals surface area (Å²) in [7, 11) is 1.59. The molecule has 122 valence electrons. The molecule has 0 bridgehead atoms. The minimum absolute atomic E-state index is 0.00747. The number of ether oxygens (including phenoxy) is 2.